The molecule has 0 spiro atoms. The molecule has 4 aromatic rings. The van der Waals surface area contributed by atoms with E-state index in [-0.39, 0.29) is 19.0 Å². The molecule has 2 atom stereocenters. The summed E-state index contributed by atoms with van der Waals surface area (Å²) in [5.41, 5.74) is 4.47. The summed E-state index contributed by atoms with van der Waals surface area (Å²) < 4.78 is 11.9. The zero-order valence-electron chi connectivity index (χ0n) is 27.4. The van der Waals surface area contributed by atoms with Crippen LogP contribution in [0, 0.1) is 0 Å². The Labute approximate surface area is 283 Å². The molecule has 2 unspecified atom stereocenters. The number of piperazine rings is 2. The first kappa shape index (κ1) is 33.5. The van der Waals surface area contributed by atoms with Crippen molar-refractivity contribution in [2.75, 3.05) is 75.4 Å². The molecule has 9 nitrogen and oxygen atoms in total. The number of anilines is 2. The molecule has 0 radical (unpaired) electrons. The number of aliphatic hydroxyl groups is 2. The molecule has 0 saturated carbocycles. The molecule has 2 heterocycles. The minimum Gasteiger partial charge on any atom is -0.489 e. The molecule has 2 aliphatic rings. The Morgan fingerprint density at radius 3 is 1.21 bits per heavy atom. The minimum atomic E-state index is -0.639. The van der Waals surface area contributed by atoms with Crippen LogP contribution in [-0.2, 0) is 18.0 Å². The van der Waals surface area contributed by atoms with E-state index < -0.39 is 12.1 Å². The number of ketones is 1. The van der Waals surface area contributed by atoms with Crippen molar-refractivity contribution in [1.29, 1.82) is 0 Å². The molecule has 0 amide bonds. The summed E-state index contributed by atoms with van der Waals surface area (Å²) in [5.74, 6) is 1.54. The zero-order chi connectivity index (χ0) is 33.1. The van der Waals surface area contributed by atoms with Crippen molar-refractivity contribution in [1.82, 2.24) is 9.80 Å². The van der Waals surface area contributed by atoms with Crippen LogP contribution in [0.25, 0.3) is 0 Å². The predicted octanol–water partition coefficient (Wildman–Crippen LogP) is 4.08. The van der Waals surface area contributed by atoms with Gasteiger partial charge < -0.3 is 29.5 Å². The van der Waals surface area contributed by atoms with E-state index in [9.17, 15) is 15.0 Å². The van der Waals surface area contributed by atoms with Gasteiger partial charge in [0.15, 0.2) is 5.78 Å². The third-order valence-electron chi connectivity index (χ3n) is 9.41. The van der Waals surface area contributed by atoms with E-state index in [2.05, 4.69) is 43.9 Å². The number of aliphatic hydroxyl groups excluding tert-OH is 2. The first-order chi connectivity index (χ1) is 23.6. The lowest BCUT2D eigenvalue weighted by Gasteiger charge is -2.43. The van der Waals surface area contributed by atoms with Crippen molar-refractivity contribution in [3.05, 3.63) is 120 Å². The Bertz CT molecular complexity index is 1420. The van der Waals surface area contributed by atoms with Gasteiger partial charge in [-0.05, 0) is 59.7 Å². The van der Waals surface area contributed by atoms with Crippen molar-refractivity contribution >= 4 is 17.2 Å². The van der Waals surface area contributed by atoms with Crippen molar-refractivity contribution < 1.29 is 24.5 Å². The van der Waals surface area contributed by atoms with Crippen molar-refractivity contribution in [2.24, 2.45) is 0 Å². The molecule has 0 bridgehead atoms. The number of carbonyl (C=O) groups excluding carboxylic acids is 1. The number of hydrogen-bond acceptors (Lipinski definition) is 9. The number of ether oxygens (including phenoxy) is 2. The Kier molecular flexibility index (Phi) is 11.6. The summed E-state index contributed by atoms with van der Waals surface area (Å²) in [6.07, 6.45) is 0. The van der Waals surface area contributed by atoms with Gasteiger partial charge in [-0.2, -0.15) is 0 Å². The van der Waals surface area contributed by atoms with Crippen LogP contribution >= 0.6 is 0 Å². The zero-order valence-corrected chi connectivity index (χ0v) is 27.4. The quantitative estimate of drug-likeness (QED) is 0.210. The molecule has 2 saturated heterocycles. The van der Waals surface area contributed by atoms with Crippen molar-refractivity contribution in [3.8, 4) is 11.5 Å². The Hall–Kier alpha value is -4.41. The van der Waals surface area contributed by atoms with E-state index in [0.29, 0.717) is 39.4 Å². The van der Waals surface area contributed by atoms with Crippen LogP contribution in [0.3, 0.4) is 0 Å². The Balaban J connectivity index is 0.962. The van der Waals surface area contributed by atoms with E-state index in [1.807, 2.05) is 84.9 Å². The number of benzene rings is 4. The van der Waals surface area contributed by atoms with Gasteiger partial charge in [0.2, 0.25) is 0 Å². The van der Waals surface area contributed by atoms with Crippen molar-refractivity contribution in [3.63, 3.8) is 0 Å². The fraction of sp³-hybridized carbons (Fsp3) is 0.359. The monoisotopic (exact) mass is 650 g/mol. The van der Waals surface area contributed by atoms with Crippen LogP contribution in [0.1, 0.15) is 11.1 Å². The lowest BCUT2D eigenvalue weighted by atomic mass is 10.0. The fourth-order valence-electron chi connectivity index (χ4n) is 6.56. The standard InChI is InChI=1S/C39H46N4O5/c44-27-37(42-23-19-40(20-24-42)33-11-15-35(16-12-33)47-29-31-7-3-1-4-8-31)39(46)38(28-45)43-25-21-41(22-26-43)34-13-17-36(18-14-34)48-30-32-9-5-2-6-10-32/h1-18,37-38,44-45H,19-30H2. The van der Waals surface area contributed by atoms with Gasteiger partial charge in [0.05, 0.1) is 25.3 Å². The SMILES string of the molecule is O=C(C(CO)N1CCN(c2ccc(OCc3ccccc3)cc2)CC1)C(CO)N1CCN(c2ccc(OCc3ccccc3)cc2)CC1. The Morgan fingerprint density at radius 1 is 0.521 bits per heavy atom. The molecule has 2 aliphatic heterocycles. The normalized spacial score (nSPS) is 17.1. The van der Waals surface area contributed by atoms with Crippen LogP contribution in [0.4, 0.5) is 11.4 Å². The highest BCUT2D eigenvalue weighted by molar-refractivity contribution is 5.89. The first-order valence-corrected chi connectivity index (χ1v) is 16.9. The number of Topliss-reactive ketones (excluding diaryl/α,β-unsaturated/α-hetero) is 1. The number of nitrogens with zero attached hydrogens (tertiary/aromatic N) is 4. The minimum absolute atomic E-state index is 0.110. The van der Waals surface area contributed by atoms with Gasteiger partial charge in [-0.15, -0.1) is 0 Å². The third kappa shape index (κ3) is 8.54. The van der Waals surface area contributed by atoms with E-state index in [1.165, 1.54) is 0 Å². The molecule has 4 aromatic carbocycles. The summed E-state index contributed by atoms with van der Waals surface area (Å²) in [7, 11) is 0. The van der Waals surface area contributed by atoms with Gasteiger partial charge in [-0.25, -0.2) is 0 Å². The second-order valence-electron chi connectivity index (χ2n) is 12.4. The molecule has 9 heteroatoms. The maximum absolute atomic E-state index is 13.8. The highest BCUT2D eigenvalue weighted by atomic mass is 16.5. The molecule has 252 valence electrons. The van der Waals surface area contributed by atoms with Gasteiger partial charge in [-0.3, -0.25) is 14.6 Å². The first-order valence-electron chi connectivity index (χ1n) is 16.9. The Morgan fingerprint density at radius 2 is 0.875 bits per heavy atom. The maximum Gasteiger partial charge on any atom is 0.171 e. The molecule has 6 rings (SSSR count). The van der Waals surface area contributed by atoms with Crippen LogP contribution in [0.2, 0.25) is 0 Å². The summed E-state index contributed by atoms with van der Waals surface area (Å²) >= 11 is 0. The van der Waals surface area contributed by atoms with E-state index in [4.69, 9.17) is 9.47 Å². The average Bonchev–Trinajstić information content (AvgIpc) is 3.16. The van der Waals surface area contributed by atoms with E-state index >= 15 is 0 Å². The molecule has 2 fully saturated rings. The van der Waals surface area contributed by atoms with E-state index in [1.54, 1.807) is 0 Å². The molecular formula is C39H46N4O5. The lowest BCUT2D eigenvalue weighted by Crippen LogP contribution is -2.61. The predicted molar refractivity (Wildman–Crippen MR) is 189 cm³/mol. The number of rotatable bonds is 14. The van der Waals surface area contributed by atoms with Gasteiger partial charge in [-0.1, -0.05) is 60.7 Å². The van der Waals surface area contributed by atoms with Gasteiger partial charge in [0.1, 0.15) is 24.7 Å². The number of carbonyl (C=O) groups is 1. The summed E-state index contributed by atoms with van der Waals surface area (Å²) in [6, 6.07) is 35.2. The second kappa shape index (κ2) is 16.6. The molecular weight excluding hydrogens is 604 g/mol. The molecule has 0 aliphatic carbocycles. The van der Waals surface area contributed by atoms with Gasteiger partial charge in [0.25, 0.3) is 0 Å². The fourth-order valence-corrected chi connectivity index (χ4v) is 6.56. The van der Waals surface area contributed by atoms with Gasteiger partial charge in [0, 0.05) is 63.7 Å². The smallest absolute Gasteiger partial charge is 0.171 e. The molecule has 0 aromatic heterocycles. The average molecular weight is 651 g/mol. The second-order valence-corrected chi connectivity index (χ2v) is 12.4. The maximum atomic E-state index is 13.8. The third-order valence-corrected chi connectivity index (χ3v) is 9.41. The summed E-state index contributed by atoms with van der Waals surface area (Å²) in [5, 5.41) is 20.7. The van der Waals surface area contributed by atoms with Crippen LogP contribution in [0.15, 0.2) is 109 Å². The highest BCUT2D eigenvalue weighted by Crippen LogP contribution is 2.24. The topological polar surface area (TPSA) is 89.0 Å². The summed E-state index contributed by atoms with van der Waals surface area (Å²) in [4.78, 5) is 22.5. The summed E-state index contributed by atoms with van der Waals surface area (Å²) in [6.45, 7) is 6.11. The van der Waals surface area contributed by atoms with Crippen LogP contribution in [-0.4, -0.2) is 103 Å². The van der Waals surface area contributed by atoms with Crippen LogP contribution in [0.5, 0.6) is 11.5 Å². The lowest BCUT2D eigenvalue weighted by molar-refractivity contribution is -0.133. The number of hydrogen-bond donors (Lipinski definition) is 2. The van der Waals surface area contributed by atoms with Gasteiger partial charge >= 0.3 is 0 Å². The van der Waals surface area contributed by atoms with E-state index in [0.717, 1.165) is 60.2 Å². The highest BCUT2D eigenvalue weighted by Gasteiger charge is 2.36. The molecule has 2 N–H and O–H groups in total. The van der Waals surface area contributed by atoms with Crippen molar-refractivity contribution in [2.45, 2.75) is 25.3 Å². The van der Waals surface area contributed by atoms with Crippen LogP contribution < -0.4 is 19.3 Å². The largest absolute Gasteiger partial charge is 0.489 e. The molecule has 48 heavy (non-hydrogen) atoms.